The molecule has 1 rings (SSSR count). The van der Waals surface area contributed by atoms with Crippen LogP contribution in [0.15, 0.2) is 0 Å². The summed E-state index contributed by atoms with van der Waals surface area (Å²) in [5.41, 5.74) is 0. The number of hydrogen-bond acceptors (Lipinski definition) is 2. The van der Waals surface area contributed by atoms with E-state index in [1.165, 1.54) is 30.8 Å². The molecule has 0 aromatic carbocycles. The van der Waals surface area contributed by atoms with Gasteiger partial charge in [-0.05, 0) is 24.3 Å². The molecule has 1 heterocycles. The summed E-state index contributed by atoms with van der Waals surface area (Å²) in [5, 5.41) is 0. The maximum atomic E-state index is 2.27. The molecule has 2 heteroatoms. The van der Waals surface area contributed by atoms with E-state index in [1.807, 2.05) is 0 Å². The minimum absolute atomic E-state index is 0.934. The zero-order chi connectivity index (χ0) is 6.53. The summed E-state index contributed by atoms with van der Waals surface area (Å²) in [6, 6.07) is 0. The topological polar surface area (TPSA) is 0 Å². The molecule has 9 heavy (non-hydrogen) atoms. The molecule has 1 fully saturated rings. The summed E-state index contributed by atoms with van der Waals surface area (Å²) in [6.07, 6.45) is 4.19. The fourth-order valence-corrected chi connectivity index (χ4v) is 4.04. The molecule has 1 aliphatic rings. The first-order valence-electron chi connectivity index (χ1n) is 3.66. The lowest BCUT2D eigenvalue weighted by molar-refractivity contribution is 0.863. The van der Waals surface area contributed by atoms with Crippen LogP contribution in [0.2, 0.25) is 0 Å². The van der Waals surface area contributed by atoms with Gasteiger partial charge in [0.25, 0.3) is 0 Å². The number of hydrogen-bond donors (Lipinski definition) is 0. The highest BCUT2D eigenvalue weighted by Gasteiger charge is 2.11. The van der Waals surface area contributed by atoms with Gasteiger partial charge in [0.2, 0.25) is 0 Å². The highest BCUT2D eigenvalue weighted by atomic mass is 32.2. The summed E-state index contributed by atoms with van der Waals surface area (Å²) in [5.74, 6) is 2.80. The second kappa shape index (κ2) is 4.51. The van der Waals surface area contributed by atoms with Crippen LogP contribution in [0.5, 0.6) is 0 Å². The van der Waals surface area contributed by atoms with E-state index in [9.17, 15) is 0 Å². The lowest BCUT2D eigenvalue weighted by atomic mass is 10.4. The SMILES string of the molecule is CCCC1SCCCS1. The van der Waals surface area contributed by atoms with Crippen LogP contribution in [-0.2, 0) is 0 Å². The van der Waals surface area contributed by atoms with E-state index in [2.05, 4.69) is 30.4 Å². The van der Waals surface area contributed by atoms with Gasteiger partial charge in [-0.3, -0.25) is 0 Å². The van der Waals surface area contributed by atoms with E-state index in [4.69, 9.17) is 0 Å². The second-order valence-corrected chi connectivity index (χ2v) is 5.23. The van der Waals surface area contributed by atoms with Crippen molar-refractivity contribution in [2.24, 2.45) is 0 Å². The fourth-order valence-electron chi connectivity index (χ4n) is 0.939. The Morgan fingerprint density at radius 2 is 2.00 bits per heavy atom. The molecule has 0 unspecified atom stereocenters. The third-order valence-corrected chi connectivity index (χ3v) is 4.50. The Morgan fingerprint density at radius 1 is 1.33 bits per heavy atom. The summed E-state index contributed by atoms with van der Waals surface area (Å²) < 4.78 is 0.934. The van der Waals surface area contributed by atoms with Gasteiger partial charge in [0.1, 0.15) is 0 Å². The molecule has 0 spiro atoms. The molecule has 0 amide bonds. The van der Waals surface area contributed by atoms with Gasteiger partial charge >= 0.3 is 0 Å². The minimum atomic E-state index is 0.934. The summed E-state index contributed by atoms with van der Waals surface area (Å²) in [7, 11) is 0. The monoisotopic (exact) mass is 162 g/mol. The Labute approximate surface area is 66.2 Å². The molecule has 54 valence electrons. The average molecular weight is 162 g/mol. The molecule has 0 radical (unpaired) electrons. The first-order valence-corrected chi connectivity index (χ1v) is 5.76. The van der Waals surface area contributed by atoms with Crippen molar-refractivity contribution in [3.8, 4) is 0 Å². The zero-order valence-electron chi connectivity index (χ0n) is 5.93. The Bertz CT molecular complexity index is 64.6. The highest BCUT2D eigenvalue weighted by Crippen LogP contribution is 2.33. The largest absolute Gasteiger partial charge is 0.148 e. The van der Waals surface area contributed by atoms with Crippen LogP contribution >= 0.6 is 23.5 Å². The van der Waals surface area contributed by atoms with Crippen LogP contribution in [0.4, 0.5) is 0 Å². The van der Waals surface area contributed by atoms with E-state index < -0.39 is 0 Å². The van der Waals surface area contributed by atoms with Gasteiger partial charge < -0.3 is 0 Å². The van der Waals surface area contributed by atoms with Gasteiger partial charge in [0, 0.05) is 0 Å². The number of thioether (sulfide) groups is 2. The summed E-state index contributed by atoms with van der Waals surface area (Å²) in [4.78, 5) is 0. The maximum absolute atomic E-state index is 2.27. The second-order valence-electron chi connectivity index (χ2n) is 2.31. The van der Waals surface area contributed by atoms with Crippen LogP contribution < -0.4 is 0 Å². The Hall–Kier alpha value is 0.700. The quantitative estimate of drug-likeness (QED) is 0.612. The van der Waals surface area contributed by atoms with Gasteiger partial charge in [-0.25, -0.2) is 0 Å². The lowest BCUT2D eigenvalue weighted by Crippen LogP contribution is -2.05. The van der Waals surface area contributed by atoms with E-state index in [0.717, 1.165) is 4.58 Å². The predicted molar refractivity (Wildman–Crippen MR) is 48.2 cm³/mol. The standard InChI is InChI=1S/C7H14S2/c1-2-4-7-8-5-3-6-9-7/h7H,2-6H2,1H3. The van der Waals surface area contributed by atoms with Crippen molar-refractivity contribution in [1.29, 1.82) is 0 Å². The van der Waals surface area contributed by atoms with Gasteiger partial charge in [-0.15, -0.1) is 23.5 Å². The van der Waals surface area contributed by atoms with Crippen molar-refractivity contribution in [3.05, 3.63) is 0 Å². The average Bonchev–Trinajstić information content (AvgIpc) is 1.91. The molecule has 0 aliphatic carbocycles. The lowest BCUT2D eigenvalue weighted by Gasteiger charge is -2.19. The molecule has 0 atom stereocenters. The van der Waals surface area contributed by atoms with Crippen LogP contribution in [0.3, 0.4) is 0 Å². The van der Waals surface area contributed by atoms with Crippen molar-refractivity contribution in [1.82, 2.24) is 0 Å². The highest BCUT2D eigenvalue weighted by molar-refractivity contribution is 8.17. The smallest absolute Gasteiger partial charge is 0.0502 e. The minimum Gasteiger partial charge on any atom is -0.148 e. The van der Waals surface area contributed by atoms with Gasteiger partial charge in [-0.2, -0.15) is 0 Å². The maximum Gasteiger partial charge on any atom is 0.0502 e. The van der Waals surface area contributed by atoms with Gasteiger partial charge in [0.15, 0.2) is 0 Å². The third-order valence-electron chi connectivity index (χ3n) is 1.42. The predicted octanol–water partition coefficient (Wildman–Crippen LogP) is 2.98. The third kappa shape index (κ3) is 2.85. The van der Waals surface area contributed by atoms with Crippen LogP contribution in [0.1, 0.15) is 26.2 Å². The van der Waals surface area contributed by atoms with Gasteiger partial charge in [0.05, 0.1) is 4.58 Å². The molecule has 0 N–H and O–H groups in total. The summed E-state index contributed by atoms with van der Waals surface area (Å²) in [6.45, 7) is 2.27. The van der Waals surface area contributed by atoms with Crippen LogP contribution in [0.25, 0.3) is 0 Å². The molecule has 1 aliphatic heterocycles. The first kappa shape index (κ1) is 7.80. The molecule has 1 saturated heterocycles. The molecule has 0 nitrogen and oxygen atoms in total. The molecule has 0 aromatic rings. The fraction of sp³-hybridized carbons (Fsp3) is 1.00. The first-order chi connectivity index (χ1) is 4.43. The molecule has 0 saturated carbocycles. The Balaban J connectivity index is 2.08. The normalized spacial score (nSPS) is 22.3. The Morgan fingerprint density at radius 3 is 2.56 bits per heavy atom. The molecular weight excluding hydrogens is 148 g/mol. The van der Waals surface area contributed by atoms with Crippen molar-refractivity contribution < 1.29 is 0 Å². The van der Waals surface area contributed by atoms with Crippen LogP contribution in [0, 0.1) is 0 Å². The van der Waals surface area contributed by atoms with Crippen molar-refractivity contribution in [3.63, 3.8) is 0 Å². The summed E-state index contributed by atoms with van der Waals surface area (Å²) >= 11 is 4.30. The van der Waals surface area contributed by atoms with E-state index in [0.29, 0.717) is 0 Å². The van der Waals surface area contributed by atoms with Gasteiger partial charge in [-0.1, -0.05) is 13.3 Å². The van der Waals surface area contributed by atoms with E-state index in [-0.39, 0.29) is 0 Å². The zero-order valence-corrected chi connectivity index (χ0v) is 7.56. The molecule has 0 bridgehead atoms. The Kier molecular flexibility index (Phi) is 3.91. The van der Waals surface area contributed by atoms with E-state index >= 15 is 0 Å². The van der Waals surface area contributed by atoms with Crippen molar-refractivity contribution >= 4 is 23.5 Å². The number of rotatable bonds is 2. The molecule has 0 aromatic heterocycles. The molecular formula is C7H14S2. The van der Waals surface area contributed by atoms with Crippen LogP contribution in [-0.4, -0.2) is 16.1 Å². The van der Waals surface area contributed by atoms with E-state index in [1.54, 1.807) is 0 Å². The van der Waals surface area contributed by atoms with Crippen molar-refractivity contribution in [2.45, 2.75) is 30.8 Å². The van der Waals surface area contributed by atoms with Crippen molar-refractivity contribution in [2.75, 3.05) is 11.5 Å².